The van der Waals surface area contributed by atoms with Crippen molar-refractivity contribution in [2.24, 2.45) is 0 Å². The number of aliphatic hydroxyl groups excluding tert-OH is 4. The van der Waals surface area contributed by atoms with E-state index in [9.17, 15) is 15.3 Å². The van der Waals surface area contributed by atoms with E-state index in [4.69, 9.17) is 5.11 Å². The summed E-state index contributed by atoms with van der Waals surface area (Å²) in [5.74, 6) is -0.263. The number of rotatable bonds is 1. The average Bonchev–Trinajstić information content (AvgIpc) is 2.64. The molecule has 0 amide bonds. The fraction of sp³-hybridized carbons (Fsp3) is 0.625. The van der Waals surface area contributed by atoms with Crippen molar-refractivity contribution in [3.63, 3.8) is 0 Å². The molecule has 1 aliphatic rings. The Kier molecular flexibility index (Phi) is 2.28. The number of fused-ring (bicyclic) bond motifs is 1. The molecule has 1 aliphatic heterocycles. The lowest BCUT2D eigenvalue weighted by Gasteiger charge is -2.35. The second-order valence-corrected chi connectivity index (χ2v) is 3.38. The Bertz CT molecular complexity index is 327. The SMILES string of the molecule is OC[C@H]1c2nccn2[C@H](O)[C@@H](O)[C@@H]1O. The Balaban J connectivity index is 2.44. The van der Waals surface area contributed by atoms with E-state index in [1.54, 1.807) is 0 Å². The van der Waals surface area contributed by atoms with Gasteiger partial charge >= 0.3 is 0 Å². The van der Waals surface area contributed by atoms with Crippen LogP contribution < -0.4 is 0 Å². The molecule has 4 N–H and O–H groups in total. The molecular weight excluding hydrogens is 188 g/mol. The lowest BCUT2D eigenvalue weighted by Crippen LogP contribution is -2.46. The first kappa shape index (κ1) is 9.60. The Labute approximate surface area is 80.1 Å². The highest BCUT2D eigenvalue weighted by molar-refractivity contribution is 5.10. The third-order valence-corrected chi connectivity index (χ3v) is 2.58. The van der Waals surface area contributed by atoms with Crippen molar-refractivity contribution in [3.8, 4) is 0 Å². The number of nitrogens with zero attached hydrogens (tertiary/aromatic N) is 2. The minimum absolute atomic E-state index is 0.317. The van der Waals surface area contributed by atoms with Crippen molar-refractivity contribution in [1.29, 1.82) is 0 Å². The molecule has 6 nitrogen and oxygen atoms in total. The van der Waals surface area contributed by atoms with Crippen LogP contribution in [0.2, 0.25) is 0 Å². The molecule has 6 heteroatoms. The van der Waals surface area contributed by atoms with Crippen LogP contribution in [0.25, 0.3) is 0 Å². The molecule has 0 radical (unpaired) electrons. The van der Waals surface area contributed by atoms with Gasteiger partial charge < -0.3 is 25.0 Å². The van der Waals surface area contributed by atoms with E-state index < -0.39 is 24.4 Å². The zero-order chi connectivity index (χ0) is 10.3. The van der Waals surface area contributed by atoms with Crippen molar-refractivity contribution in [3.05, 3.63) is 18.2 Å². The molecule has 4 atom stereocenters. The van der Waals surface area contributed by atoms with Gasteiger partial charge in [-0.25, -0.2) is 4.98 Å². The molecule has 0 saturated carbocycles. The van der Waals surface area contributed by atoms with Crippen molar-refractivity contribution in [2.75, 3.05) is 6.61 Å². The molecule has 2 rings (SSSR count). The van der Waals surface area contributed by atoms with Gasteiger partial charge in [0.1, 0.15) is 11.9 Å². The van der Waals surface area contributed by atoms with Crippen LogP contribution in [0.1, 0.15) is 18.0 Å². The van der Waals surface area contributed by atoms with Gasteiger partial charge in [0, 0.05) is 12.4 Å². The standard InChI is InChI=1S/C8H12N2O4/c11-3-4-5(12)6(13)8(14)10-2-1-9-7(4)10/h1-2,4-6,8,11-14H,3H2/t4-,5-,6+,8-/m1/s1. The maximum absolute atomic E-state index is 9.55. The summed E-state index contributed by atoms with van der Waals surface area (Å²) in [6.45, 7) is -0.317. The maximum Gasteiger partial charge on any atom is 0.160 e. The zero-order valence-corrected chi connectivity index (χ0v) is 7.35. The second-order valence-electron chi connectivity index (χ2n) is 3.38. The molecule has 2 heterocycles. The molecule has 14 heavy (non-hydrogen) atoms. The molecule has 0 aromatic carbocycles. The van der Waals surface area contributed by atoms with Crippen LogP contribution in [0.4, 0.5) is 0 Å². The summed E-state index contributed by atoms with van der Waals surface area (Å²) in [7, 11) is 0. The highest BCUT2D eigenvalue weighted by Gasteiger charge is 2.40. The van der Waals surface area contributed by atoms with Gasteiger partial charge in [-0.3, -0.25) is 0 Å². The highest BCUT2D eigenvalue weighted by Crippen LogP contribution is 2.31. The van der Waals surface area contributed by atoms with Gasteiger partial charge in [-0.1, -0.05) is 0 Å². The van der Waals surface area contributed by atoms with Gasteiger partial charge in [0.05, 0.1) is 18.6 Å². The summed E-state index contributed by atoms with van der Waals surface area (Å²) in [4.78, 5) is 3.92. The van der Waals surface area contributed by atoms with Gasteiger partial charge in [0.25, 0.3) is 0 Å². The summed E-state index contributed by atoms with van der Waals surface area (Å²) >= 11 is 0. The molecule has 0 saturated heterocycles. The summed E-state index contributed by atoms with van der Waals surface area (Å²) in [5, 5.41) is 37.6. The number of hydrogen-bond donors (Lipinski definition) is 4. The summed E-state index contributed by atoms with van der Waals surface area (Å²) < 4.78 is 1.35. The number of aromatic nitrogens is 2. The van der Waals surface area contributed by atoms with Crippen molar-refractivity contribution in [2.45, 2.75) is 24.4 Å². The van der Waals surface area contributed by atoms with Crippen molar-refractivity contribution < 1.29 is 20.4 Å². The van der Waals surface area contributed by atoms with Crippen LogP contribution >= 0.6 is 0 Å². The third-order valence-electron chi connectivity index (χ3n) is 2.58. The first-order valence-corrected chi connectivity index (χ1v) is 4.34. The van der Waals surface area contributed by atoms with E-state index in [1.165, 1.54) is 17.0 Å². The largest absolute Gasteiger partial charge is 0.396 e. The minimum atomic E-state index is -1.30. The molecule has 0 aliphatic carbocycles. The van der Waals surface area contributed by atoms with Crippen molar-refractivity contribution in [1.82, 2.24) is 9.55 Å². The predicted molar refractivity (Wildman–Crippen MR) is 45.3 cm³/mol. The number of hydrogen-bond acceptors (Lipinski definition) is 5. The maximum atomic E-state index is 9.55. The van der Waals surface area contributed by atoms with Crippen LogP contribution in [0, 0.1) is 0 Å². The topological polar surface area (TPSA) is 98.7 Å². The molecule has 1 aromatic rings. The Morgan fingerprint density at radius 1 is 1.29 bits per heavy atom. The van der Waals surface area contributed by atoms with Crippen LogP contribution in [0.15, 0.2) is 12.4 Å². The van der Waals surface area contributed by atoms with Crippen LogP contribution in [0.3, 0.4) is 0 Å². The quantitative estimate of drug-likeness (QED) is 0.428. The normalized spacial score (nSPS) is 36.9. The zero-order valence-electron chi connectivity index (χ0n) is 7.35. The van der Waals surface area contributed by atoms with Gasteiger partial charge in [0.15, 0.2) is 6.23 Å². The predicted octanol–water partition coefficient (Wildman–Crippen LogP) is -1.81. The summed E-state index contributed by atoms with van der Waals surface area (Å²) in [5.41, 5.74) is 0. The van der Waals surface area contributed by atoms with Gasteiger partial charge in [-0.15, -0.1) is 0 Å². The molecule has 0 spiro atoms. The molecular formula is C8H12N2O4. The van der Waals surface area contributed by atoms with E-state index in [2.05, 4.69) is 4.98 Å². The second kappa shape index (κ2) is 3.32. The fourth-order valence-corrected chi connectivity index (χ4v) is 1.76. The monoisotopic (exact) mass is 200 g/mol. The smallest absolute Gasteiger partial charge is 0.160 e. The van der Waals surface area contributed by atoms with Crippen molar-refractivity contribution >= 4 is 0 Å². The Morgan fingerprint density at radius 2 is 2.00 bits per heavy atom. The fourth-order valence-electron chi connectivity index (χ4n) is 1.76. The molecule has 1 aromatic heterocycles. The third kappa shape index (κ3) is 1.16. The first-order chi connectivity index (χ1) is 6.66. The van der Waals surface area contributed by atoms with E-state index >= 15 is 0 Å². The average molecular weight is 200 g/mol. The summed E-state index contributed by atoms with van der Waals surface area (Å²) in [6, 6.07) is 0. The number of aliphatic hydroxyl groups is 4. The molecule has 0 bridgehead atoms. The van der Waals surface area contributed by atoms with E-state index in [-0.39, 0.29) is 6.61 Å². The van der Waals surface area contributed by atoms with E-state index in [0.29, 0.717) is 5.82 Å². The molecule has 78 valence electrons. The van der Waals surface area contributed by atoms with Gasteiger partial charge in [-0.2, -0.15) is 0 Å². The first-order valence-electron chi connectivity index (χ1n) is 4.34. The minimum Gasteiger partial charge on any atom is -0.396 e. The summed E-state index contributed by atoms with van der Waals surface area (Å²) in [6.07, 6.45) is -0.743. The van der Waals surface area contributed by atoms with Gasteiger partial charge in [0.2, 0.25) is 0 Å². The molecule has 0 fully saturated rings. The van der Waals surface area contributed by atoms with E-state index in [1.807, 2.05) is 0 Å². The van der Waals surface area contributed by atoms with Gasteiger partial charge in [-0.05, 0) is 0 Å². The Morgan fingerprint density at radius 3 is 2.64 bits per heavy atom. The lowest BCUT2D eigenvalue weighted by molar-refractivity contribution is -0.122. The van der Waals surface area contributed by atoms with Crippen LogP contribution in [0.5, 0.6) is 0 Å². The number of imidazole rings is 1. The van der Waals surface area contributed by atoms with Crippen LogP contribution in [-0.4, -0.2) is 48.8 Å². The lowest BCUT2D eigenvalue weighted by atomic mass is 9.93. The highest BCUT2D eigenvalue weighted by atomic mass is 16.4. The van der Waals surface area contributed by atoms with E-state index in [0.717, 1.165) is 0 Å². The van der Waals surface area contributed by atoms with Crippen LogP contribution in [-0.2, 0) is 0 Å². The molecule has 0 unspecified atom stereocenters. The Hall–Kier alpha value is -0.950.